The minimum atomic E-state index is -0.403. The van der Waals surface area contributed by atoms with Gasteiger partial charge in [0.05, 0.1) is 28.9 Å². The monoisotopic (exact) mass is 624 g/mol. The van der Waals surface area contributed by atoms with Crippen LogP contribution >= 0.6 is 11.3 Å². The molecule has 3 aromatic carbocycles. The Kier molecular flexibility index (Phi) is 9.06. The lowest BCUT2D eigenvalue weighted by Gasteiger charge is -2.25. The Bertz CT molecular complexity index is 1780. The van der Waals surface area contributed by atoms with Gasteiger partial charge in [0, 0.05) is 11.3 Å². The molecule has 0 saturated heterocycles. The second-order valence-corrected chi connectivity index (χ2v) is 11.8. The van der Waals surface area contributed by atoms with Crippen LogP contribution in [0.15, 0.2) is 66.7 Å². The predicted octanol–water partition coefficient (Wildman–Crippen LogP) is 6.52. The van der Waals surface area contributed by atoms with Crippen LogP contribution in [0.25, 0.3) is 10.2 Å². The van der Waals surface area contributed by atoms with Crippen molar-refractivity contribution >= 4 is 56.2 Å². The smallest absolute Gasteiger partial charge is 0.338 e. The standard InChI is InChI=1S/C32H32N8O4S/c1-2-44-29(42)24-14-17-26-27(18-24)45-31(33-26)35-32(43)40(25-15-12-22(13-16-25)21-6-4-3-5-7-21)19-20-8-10-23(11-9-20)28(41)34-30-36-38-39-37-30/h8-18,21H,2-7,19H2,1H3,(H,33,35,43)(H2,34,36,37,38,39,41). The van der Waals surface area contributed by atoms with Gasteiger partial charge >= 0.3 is 12.0 Å². The summed E-state index contributed by atoms with van der Waals surface area (Å²) < 4.78 is 5.87. The Morgan fingerprint density at radius 2 is 1.71 bits per heavy atom. The summed E-state index contributed by atoms with van der Waals surface area (Å²) in [5, 5.41) is 19.1. The van der Waals surface area contributed by atoms with Crippen molar-refractivity contribution in [2.75, 3.05) is 22.1 Å². The van der Waals surface area contributed by atoms with Crippen molar-refractivity contribution in [1.82, 2.24) is 25.6 Å². The minimum absolute atomic E-state index is 0.0792. The molecule has 1 fully saturated rings. The number of rotatable bonds is 9. The Morgan fingerprint density at radius 1 is 0.956 bits per heavy atom. The first-order valence-corrected chi connectivity index (χ1v) is 15.7. The molecule has 13 heteroatoms. The third kappa shape index (κ3) is 7.15. The first-order valence-electron chi connectivity index (χ1n) is 14.9. The molecule has 1 aliphatic rings. The molecule has 3 N–H and O–H groups in total. The maximum atomic E-state index is 13.8. The van der Waals surface area contributed by atoms with E-state index in [0.29, 0.717) is 27.7 Å². The molecule has 0 unspecified atom stereocenters. The molecule has 45 heavy (non-hydrogen) atoms. The van der Waals surface area contributed by atoms with Gasteiger partial charge in [-0.15, -0.1) is 5.10 Å². The lowest BCUT2D eigenvalue weighted by atomic mass is 9.84. The van der Waals surface area contributed by atoms with E-state index < -0.39 is 5.97 Å². The van der Waals surface area contributed by atoms with Crippen molar-refractivity contribution in [2.45, 2.75) is 51.5 Å². The molecule has 2 heterocycles. The highest BCUT2D eigenvalue weighted by Gasteiger charge is 2.21. The quantitative estimate of drug-likeness (QED) is 0.157. The van der Waals surface area contributed by atoms with E-state index in [2.05, 4.69) is 48.4 Å². The molecule has 2 aromatic heterocycles. The van der Waals surface area contributed by atoms with Gasteiger partial charge in [-0.3, -0.25) is 20.3 Å². The first kappa shape index (κ1) is 29.9. The van der Waals surface area contributed by atoms with Crippen LogP contribution in [0.1, 0.15) is 76.8 Å². The Hall–Kier alpha value is -5.17. The molecule has 230 valence electrons. The predicted molar refractivity (Wildman–Crippen MR) is 172 cm³/mol. The number of thiazole rings is 1. The number of nitrogens with one attached hydrogen (secondary N) is 3. The fourth-order valence-electron chi connectivity index (χ4n) is 5.45. The summed E-state index contributed by atoms with van der Waals surface area (Å²) in [6, 6.07) is 19.9. The molecular weight excluding hydrogens is 592 g/mol. The molecule has 12 nitrogen and oxygen atoms in total. The minimum Gasteiger partial charge on any atom is -0.462 e. The van der Waals surface area contributed by atoms with Gasteiger partial charge in [-0.05, 0) is 84.5 Å². The van der Waals surface area contributed by atoms with Crippen molar-refractivity contribution in [3.8, 4) is 0 Å². The number of carbonyl (C=O) groups is 3. The summed E-state index contributed by atoms with van der Waals surface area (Å²) in [6.45, 7) is 2.29. The van der Waals surface area contributed by atoms with Crippen LogP contribution < -0.4 is 15.5 Å². The fourth-order valence-corrected chi connectivity index (χ4v) is 6.35. The van der Waals surface area contributed by atoms with Crippen LogP contribution in [-0.4, -0.2) is 50.1 Å². The van der Waals surface area contributed by atoms with Crippen LogP contribution in [0.3, 0.4) is 0 Å². The first-order chi connectivity index (χ1) is 22.0. The number of hydrogen-bond donors (Lipinski definition) is 3. The molecule has 0 spiro atoms. The zero-order valence-corrected chi connectivity index (χ0v) is 25.5. The van der Waals surface area contributed by atoms with E-state index in [0.717, 1.165) is 16.0 Å². The number of anilines is 3. The van der Waals surface area contributed by atoms with Crippen molar-refractivity contribution in [2.24, 2.45) is 0 Å². The highest BCUT2D eigenvalue weighted by Crippen LogP contribution is 2.34. The van der Waals surface area contributed by atoms with E-state index >= 15 is 0 Å². The summed E-state index contributed by atoms with van der Waals surface area (Å²) in [4.78, 5) is 44.8. The zero-order chi connectivity index (χ0) is 31.2. The van der Waals surface area contributed by atoms with Crippen LogP contribution in [0.5, 0.6) is 0 Å². The maximum Gasteiger partial charge on any atom is 0.338 e. The summed E-state index contributed by atoms with van der Waals surface area (Å²) in [6.07, 6.45) is 6.15. The van der Waals surface area contributed by atoms with Gasteiger partial charge < -0.3 is 4.74 Å². The molecule has 0 radical (unpaired) electrons. The normalized spacial score (nSPS) is 13.4. The number of hydrogen-bond acceptors (Lipinski definition) is 9. The Morgan fingerprint density at radius 3 is 2.42 bits per heavy atom. The van der Waals surface area contributed by atoms with E-state index in [1.54, 1.807) is 54.3 Å². The van der Waals surface area contributed by atoms with E-state index in [1.165, 1.54) is 49.0 Å². The van der Waals surface area contributed by atoms with Crippen molar-refractivity contribution < 1.29 is 19.1 Å². The van der Waals surface area contributed by atoms with Crippen LogP contribution in [0.2, 0.25) is 0 Å². The summed E-state index contributed by atoms with van der Waals surface area (Å²) in [5.74, 6) is -0.156. The largest absolute Gasteiger partial charge is 0.462 e. The van der Waals surface area contributed by atoms with Crippen LogP contribution in [-0.2, 0) is 11.3 Å². The van der Waals surface area contributed by atoms with Gasteiger partial charge in [0.15, 0.2) is 5.13 Å². The zero-order valence-electron chi connectivity index (χ0n) is 24.7. The van der Waals surface area contributed by atoms with Gasteiger partial charge in [-0.1, -0.05) is 60.0 Å². The number of ether oxygens (including phenoxy) is 1. The summed E-state index contributed by atoms with van der Waals surface area (Å²) in [7, 11) is 0. The summed E-state index contributed by atoms with van der Waals surface area (Å²) >= 11 is 1.28. The average Bonchev–Trinajstić information content (AvgIpc) is 3.73. The summed E-state index contributed by atoms with van der Waals surface area (Å²) in [5.41, 5.74) is 4.35. The SMILES string of the molecule is CCOC(=O)c1ccc2nc(NC(=O)N(Cc3ccc(C(=O)Nc4nn[nH]n4)cc3)c3ccc(C4CCCCC4)cc3)sc2c1. The van der Waals surface area contributed by atoms with E-state index in [1.807, 2.05) is 12.1 Å². The molecule has 3 amide bonds. The molecule has 1 saturated carbocycles. The highest BCUT2D eigenvalue weighted by molar-refractivity contribution is 7.22. The topological polar surface area (TPSA) is 155 Å². The fraction of sp³-hybridized carbons (Fsp3) is 0.281. The molecular formula is C32H32N8O4S. The van der Waals surface area contributed by atoms with Crippen molar-refractivity contribution in [1.29, 1.82) is 0 Å². The number of fused-ring (bicyclic) bond motifs is 1. The second-order valence-electron chi connectivity index (χ2n) is 10.8. The number of esters is 1. The Balaban J connectivity index is 1.22. The third-order valence-corrected chi connectivity index (χ3v) is 8.70. The highest BCUT2D eigenvalue weighted by atomic mass is 32.1. The number of tetrazole rings is 1. The number of nitrogens with zero attached hydrogens (tertiary/aromatic N) is 5. The molecule has 0 bridgehead atoms. The van der Waals surface area contributed by atoms with Crippen LogP contribution in [0.4, 0.5) is 21.6 Å². The third-order valence-electron chi connectivity index (χ3n) is 7.77. The van der Waals surface area contributed by atoms with Gasteiger partial charge in [0.2, 0.25) is 0 Å². The van der Waals surface area contributed by atoms with Gasteiger partial charge in [0.25, 0.3) is 11.9 Å². The van der Waals surface area contributed by atoms with Crippen molar-refractivity contribution in [3.05, 3.63) is 89.0 Å². The molecule has 6 rings (SSSR count). The lowest BCUT2D eigenvalue weighted by Crippen LogP contribution is -2.34. The average molecular weight is 625 g/mol. The lowest BCUT2D eigenvalue weighted by molar-refractivity contribution is 0.0526. The number of aromatic amines is 1. The number of benzene rings is 3. The van der Waals surface area contributed by atoms with E-state index in [9.17, 15) is 14.4 Å². The number of urea groups is 1. The van der Waals surface area contributed by atoms with Crippen LogP contribution in [0, 0.1) is 0 Å². The number of amides is 3. The molecule has 0 atom stereocenters. The van der Waals surface area contributed by atoms with Gasteiger partial charge in [-0.2, -0.15) is 5.21 Å². The van der Waals surface area contributed by atoms with E-state index in [4.69, 9.17) is 4.74 Å². The van der Waals surface area contributed by atoms with Gasteiger partial charge in [-0.25, -0.2) is 14.6 Å². The number of carbonyl (C=O) groups excluding carboxylic acids is 3. The van der Waals surface area contributed by atoms with E-state index in [-0.39, 0.29) is 31.0 Å². The molecule has 0 aliphatic heterocycles. The molecule has 5 aromatic rings. The maximum absolute atomic E-state index is 13.8. The second kappa shape index (κ2) is 13.6. The number of H-pyrrole nitrogens is 1. The van der Waals surface area contributed by atoms with Gasteiger partial charge in [0.1, 0.15) is 0 Å². The Labute approximate surface area is 263 Å². The molecule has 1 aliphatic carbocycles. The number of aromatic nitrogens is 5. The van der Waals surface area contributed by atoms with Crippen molar-refractivity contribution in [3.63, 3.8) is 0 Å².